The van der Waals surface area contributed by atoms with Gasteiger partial charge in [-0.1, -0.05) is 119 Å². The highest BCUT2D eigenvalue weighted by Gasteiger charge is 2.54. The average molecular weight is 860 g/mol. The van der Waals surface area contributed by atoms with Gasteiger partial charge in [-0.15, -0.1) is 0 Å². The van der Waals surface area contributed by atoms with Gasteiger partial charge < -0.3 is 4.90 Å². The van der Waals surface area contributed by atoms with E-state index in [1.807, 2.05) is 0 Å². The lowest BCUT2D eigenvalue weighted by molar-refractivity contribution is -0.00711. The molecule has 5 saturated carbocycles. The third-order valence-corrected chi connectivity index (χ3v) is 18.1. The van der Waals surface area contributed by atoms with Gasteiger partial charge in [0.1, 0.15) is 5.82 Å². The second-order valence-corrected chi connectivity index (χ2v) is 26.7. The fraction of sp³-hybridized carbons (Fsp3) is 0.525. The second kappa shape index (κ2) is 13.9. The van der Waals surface area contributed by atoms with Crippen LogP contribution in [0.1, 0.15) is 198 Å². The van der Waals surface area contributed by atoms with Gasteiger partial charge in [-0.05, 0) is 208 Å². The maximum atomic E-state index is 6.31. The SMILES string of the molecule is CC(C)(C)c1ccc(N2c3ccc(C(C)(C)C)cc3B3c4cc5c(cc4N(c4cc(C(C)(C)C)cc(C(C)(C)C)c4)c4nc(C67CC8CC(CC(C8)C6)C7)cc2c43)C2CCC5CC2)cc1. The molecular weight excluding hydrogens is 786 g/mol. The largest absolute Gasteiger partial charge is 0.311 e. The van der Waals surface area contributed by atoms with E-state index >= 15 is 0 Å². The van der Waals surface area contributed by atoms with Crippen LogP contribution in [0, 0.1) is 17.8 Å². The quantitative estimate of drug-likeness (QED) is 0.165. The number of benzene rings is 4. The zero-order chi connectivity index (χ0) is 45.3. The van der Waals surface area contributed by atoms with Crippen LogP contribution in [-0.4, -0.2) is 11.7 Å². The molecule has 0 unspecified atom stereocenters. The molecule has 7 aliphatic carbocycles. The van der Waals surface area contributed by atoms with Crippen LogP contribution in [0.25, 0.3) is 0 Å². The van der Waals surface area contributed by atoms with Gasteiger partial charge in [0.2, 0.25) is 0 Å². The second-order valence-electron chi connectivity index (χ2n) is 26.7. The van der Waals surface area contributed by atoms with Crippen LogP contribution in [0.5, 0.6) is 0 Å². The Morgan fingerprint density at radius 3 is 1.52 bits per heavy atom. The van der Waals surface area contributed by atoms with E-state index in [1.165, 1.54) is 143 Å². The van der Waals surface area contributed by atoms with Gasteiger partial charge in [0.25, 0.3) is 6.71 Å². The summed E-state index contributed by atoms with van der Waals surface area (Å²) in [5.41, 5.74) is 21.2. The zero-order valence-electron chi connectivity index (χ0n) is 41.9. The first-order valence-electron chi connectivity index (χ1n) is 25.9. The van der Waals surface area contributed by atoms with Crippen molar-refractivity contribution < 1.29 is 0 Å². The number of rotatable bonds is 3. The Kier molecular flexibility index (Phi) is 8.99. The molecule has 14 rings (SSSR count). The minimum absolute atomic E-state index is 0.00717. The van der Waals surface area contributed by atoms with E-state index in [-0.39, 0.29) is 33.8 Å². The molecule has 4 aromatic carbocycles. The molecule has 1 aromatic heterocycles. The van der Waals surface area contributed by atoms with Crippen molar-refractivity contribution in [3.63, 3.8) is 0 Å². The minimum atomic E-state index is -0.0155. The Bertz CT molecular complexity index is 2690. The fourth-order valence-electron chi connectivity index (χ4n) is 14.8. The lowest BCUT2D eigenvalue weighted by Gasteiger charge is -2.57. The Morgan fingerprint density at radius 1 is 0.477 bits per heavy atom. The zero-order valence-corrected chi connectivity index (χ0v) is 41.9. The van der Waals surface area contributed by atoms with E-state index in [0.29, 0.717) is 11.8 Å². The van der Waals surface area contributed by atoms with Gasteiger partial charge in [-0.3, -0.25) is 4.90 Å². The Balaban J connectivity index is 1.21. The van der Waals surface area contributed by atoms with Crippen molar-refractivity contribution in [2.24, 2.45) is 17.8 Å². The first kappa shape index (κ1) is 42.1. The Hall–Kier alpha value is -4.31. The van der Waals surface area contributed by atoms with E-state index in [4.69, 9.17) is 4.98 Å². The molecule has 0 N–H and O–H groups in total. The number of nitrogens with zero attached hydrogens (tertiary/aromatic N) is 3. The highest BCUT2D eigenvalue weighted by atomic mass is 15.2. The lowest BCUT2D eigenvalue weighted by Crippen LogP contribution is -2.62. The van der Waals surface area contributed by atoms with Crippen molar-refractivity contribution in [2.75, 3.05) is 9.80 Å². The maximum Gasteiger partial charge on any atom is 0.254 e. The summed E-state index contributed by atoms with van der Waals surface area (Å²) < 4.78 is 0. The minimum Gasteiger partial charge on any atom is -0.311 e. The van der Waals surface area contributed by atoms with Crippen molar-refractivity contribution in [2.45, 2.75) is 186 Å². The van der Waals surface area contributed by atoms with Crippen LogP contribution in [-0.2, 0) is 27.1 Å². The smallest absolute Gasteiger partial charge is 0.254 e. The summed E-state index contributed by atoms with van der Waals surface area (Å²) in [5, 5.41) is 0. The summed E-state index contributed by atoms with van der Waals surface area (Å²) >= 11 is 0. The van der Waals surface area contributed by atoms with Crippen molar-refractivity contribution in [3.05, 3.63) is 118 Å². The third-order valence-electron chi connectivity index (χ3n) is 18.1. The van der Waals surface area contributed by atoms with Crippen molar-refractivity contribution in [3.8, 4) is 0 Å². The average Bonchev–Trinajstić information content (AvgIpc) is 3.24. The molecule has 0 spiro atoms. The highest BCUT2D eigenvalue weighted by Crippen LogP contribution is 2.62. The molecule has 0 saturated heterocycles. The molecule has 2 aliphatic heterocycles. The molecule has 3 heterocycles. The van der Waals surface area contributed by atoms with Crippen molar-refractivity contribution in [1.82, 2.24) is 4.98 Å². The Morgan fingerprint density at radius 2 is 0.985 bits per heavy atom. The summed E-state index contributed by atoms with van der Waals surface area (Å²) in [5.74, 6) is 4.98. The van der Waals surface area contributed by atoms with Gasteiger partial charge in [-0.25, -0.2) is 4.98 Å². The lowest BCUT2D eigenvalue weighted by atomic mass is 9.33. The molecule has 336 valence electrons. The predicted octanol–water partition coefficient (Wildman–Crippen LogP) is 14.6. The monoisotopic (exact) mass is 860 g/mol. The fourth-order valence-corrected chi connectivity index (χ4v) is 14.8. The topological polar surface area (TPSA) is 19.4 Å². The van der Waals surface area contributed by atoms with Gasteiger partial charge in [0, 0.05) is 33.9 Å². The van der Waals surface area contributed by atoms with Crippen LogP contribution in [0.4, 0.5) is 34.3 Å². The predicted molar refractivity (Wildman–Crippen MR) is 277 cm³/mol. The standard InChI is InChI=1S/C61H74BN3/c1-57(2,3)41-17-20-45(21-18-41)64-51-22-19-42(58(4,5)6)29-49(51)62-50-30-47-39-13-15-40(16-14-39)48(47)31-52(50)65(46-27-43(59(7,8)9)26-44(28-46)60(10,11)12)56-55(62)53(64)32-54(63-56)61-33-36-23-37(34-61)25-38(24-36)35-61/h17-22,26-32,36-40H,13-16,23-25,33-35H2,1-12H3. The molecule has 0 amide bonds. The van der Waals surface area contributed by atoms with E-state index in [0.717, 1.165) is 17.8 Å². The molecular formula is C61H74BN3. The third kappa shape index (κ3) is 6.59. The first-order valence-corrected chi connectivity index (χ1v) is 25.9. The van der Waals surface area contributed by atoms with Crippen molar-refractivity contribution in [1.29, 1.82) is 0 Å². The molecule has 9 aliphatic rings. The van der Waals surface area contributed by atoms with Gasteiger partial charge in [-0.2, -0.15) is 0 Å². The number of aromatic nitrogens is 1. The molecule has 4 heteroatoms. The Labute approximate surface area is 392 Å². The summed E-state index contributed by atoms with van der Waals surface area (Å²) in [6, 6.07) is 32.9. The van der Waals surface area contributed by atoms with Crippen LogP contribution in [0.15, 0.2) is 78.9 Å². The number of fused-ring (bicyclic) bond motifs is 6. The number of hydrogen-bond acceptors (Lipinski definition) is 3. The highest BCUT2D eigenvalue weighted by molar-refractivity contribution is 7.00. The summed E-state index contributed by atoms with van der Waals surface area (Å²) in [6.07, 6.45) is 13.5. The van der Waals surface area contributed by atoms with Gasteiger partial charge in [0.15, 0.2) is 0 Å². The maximum absolute atomic E-state index is 6.31. The van der Waals surface area contributed by atoms with Crippen LogP contribution in [0.3, 0.4) is 0 Å². The summed E-state index contributed by atoms with van der Waals surface area (Å²) in [6.45, 7) is 28.6. The van der Waals surface area contributed by atoms with Crippen molar-refractivity contribution >= 4 is 57.4 Å². The van der Waals surface area contributed by atoms with Crippen LogP contribution in [0.2, 0.25) is 0 Å². The molecule has 3 nitrogen and oxygen atoms in total. The van der Waals surface area contributed by atoms with E-state index in [9.17, 15) is 0 Å². The number of pyridine rings is 1. The van der Waals surface area contributed by atoms with E-state index < -0.39 is 0 Å². The molecule has 0 atom stereocenters. The van der Waals surface area contributed by atoms with Crippen LogP contribution >= 0.6 is 0 Å². The summed E-state index contributed by atoms with van der Waals surface area (Å²) in [4.78, 5) is 11.7. The molecule has 0 radical (unpaired) electrons. The van der Waals surface area contributed by atoms with Gasteiger partial charge in [0.05, 0.1) is 5.69 Å². The molecule has 5 aromatic rings. The van der Waals surface area contributed by atoms with E-state index in [1.54, 1.807) is 11.1 Å². The van der Waals surface area contributed by atoms with Gasteiger partial charge >= 0.3 is 0 Å². The number of anilines is 6. The number of hydrogen-bond donors (Lipinski definition) is 0. The molecule has 65 heavy (non-hydrogen) atoms. The normalized spacial score (nSPS) is 26.3. The molecule has 6 bridgehead atoms. The van der Waals surface area contributed by atoms with Crippen LogP contribution < -0.4 is 26.2 Å². The van der Waals surface area contributed by atoms with E-state index in [2.05, 4.69) is 172 Å². The first-order chi connectivity index (χ1) is 30.6. The molecule has 5 fully saturated rings. The summed E-state index contributed by atoms with van der Waals surface area (Å²) in [7, 11) is 0.